The molecule has 0 atom stereocenters. The van der Waals surface area contributed by atoms with E-state index in [4.69, 9.17) is 0 Å². The summed E-state index contributed by atoms with van der Waals surface area (Å²) in [6.45, 7) is 2.21. The van der Waals surface area contributed by atoms with E-state index in [2.05, 4.69) is 12.2 Å². The molecule has 0 aromatic heterocycles. The lowest BCUT2D eigenvalue weighted by molar-refractivity contribution is -0.116. The van der Waals surface area contributed by atoms with Gasteiger partial charge in [-0.2, -0.15) is 0 Å². The summed E-state index contributed by atoms with van der Waals surface area (Å²) in [4.78, 5) is 11.6. The van der Waals surface area contributed by atoms with Crippen LogP contribution in [0.5, 0.6) is 0 Å². The average molecular weight is 265 g/mol. The first-order chi connectivity index (χ1) is 9.22. The van der Waals surface area contributed by atoms with Crippen LogP contribution < -0.4 is 5.32 Å². The summed E-state index contributed by atoms with van der Waals surface area (Å²) in [5.74, 6) is -0.273. The minimum absolute atomic E-state index is 0.0140. The first kappa shape index (κ1) is 15.7. The fourth-order valence-electron chi connectivity index (χ4n) is 2.00. The van der Waals surface area contributed by atoms with Crippen molar-refractivity contribution in [3.05, 3.63) is 30.1 Å². The first-order valence-corrected chi connectivity index (χ1v) is 7.28. The van der Waals surface area contributed by atoms with E-state index in [0.29, 0.717) is 12.1 Å². The molecule has 2 nitrogen and oxygen atoms in total. The molecule has 0 spiro atoms. The Morgan fingerprint density at radius 1 is 1.00 bits per heavy atom. The smallest absolute Gasteiger partial charge is 0.224 e. The predicted molar refractivity (Wildman–Crippen MR) is 77.6 cm³/mol. The van der Waals surface area contributed by atoms with E-state index in [-0.39, 0.29) is 11.7 Å². The third-order valence-electron chi connectivity index (χ3n) is 3.14. The van der Waals surface area contributed by atoms with E-state index in [1.165, 1.54) is 44.2 Å². The third-order valence-corrected chi connectivity index (χ3v) is 3.14. The lowest BCUT2D eigenvalue weighted by Crippen LogP contribution is -2.10. The molecule has 0 aliphatic rings. The van der Waals surface area contributed by atoms with E-state index in [0.717, 1.165) is 12.8 Å². The summed E-state index contributed by atoms with van der Waals surface area (Å²) in [6.07, 6.45) is 8.95. The van der Waals surface area contributed by atoms with Crippen molar-refractivity contribution in [3.63, 3.8) is 0 Å². The van der Waals surface area contributed by atoms with Gasteiger partial charge in [-0.25, -0.2) is 4.39 Å². The maximum atomic E-state index is 12.7. The molecule has 1 aromatic rings. The van der Waals surface area contributed by atoms with E-state index in [1.807, 2.05) is 0 Å². The van der Waals surface area contributed by atoms with Gasteiger partial charge in [-0.1, -0.05) is 45.4 Å². The van der Waals surface area contributed by atoms with Gasteiger partial charge in [0.25, 0.3) is 0 Å². The zero-order chi connectivity index (χ0) is 13.9. The molecular weight excluding hydrogens is 241 g/mol. The standard InChI is InChI=1S/C16H24FNO/c1-2-3-4-5-6-7-8-9-16(19)18-15-12-10-14(17)11-13-15/h10-13H,2-9H2,1H3,(H,18,19). The quantitative estimate of drug-likeness (QED) is 0.632. The number of amides is 1. The predicted octanol–water partition coefficient (Wildman–Crippen LogP) is 4.90. The molecule has 1 aromatic carbocycles. The number of carbonyl (C=O) groups is 1. The number of carbonyl (C=O) groups excluding carboxylic acids is 1. The van der Waals surface area contributed by atoms with Gasteiger partial charge in [-0.15, -0.1) is 0 Å². The van der Waals surface area contributed by atoms with Gasteiger partial charge in [0.15, 0.2) is 0 Å². The van der Waals surface area contributed by atoms with Crippen molar-refractivity contribution in [1.29, 1.82) is 0 Å². The van der Waals surface area contributed by atoms with Crippen LogP contribution in [0.2, 0.25) is 0 Å². The Hall–Kier alpha value is -1.38. The van der Waals surface area contributed by atoms with Crippen molar-refractivity contribution >= 4 is 11.6 Å². The van der Waals surface area contributed by atoms with Gasteiger partial charge in [0, 0.05) is 12.1 Å². The molecule has 0 saturated carbocycles. The summed E-state index contributed by atoms with van der Waals surface area (Å²) >= 11 is 0. The van der Waals surface area contributed by atoms with Crippen LogP contribution in [-0.4, -0.2) is 5.91 Å². The molecule has 0 aliphatic heterocycles. The maximum absolute atomic E-state index is 12.7. The molecule has 0 saturated heterocycles. The Morgan fingerprint density at radius 3 is 2.21 bits per heavy atom. The summed E-state index contributed by atoms with van der Waals surface area (Å²) < 4.78 is 12.7. The van der Waals surface area contributed by atoms with Gasteiger partial charge < -0.3 is 5.32 Å². The minimum Gasteiger partial charge on any atom is -0.326 e. The molecule has 19 heavy (non-hydrogen) atoms. The number of anilines is 1. The first-order valence-electron chi connectivity index (χ1n) is 7.28. The largest absolute Gasteiger partial charge is 0.326 e. The van der Waals surface area contributed by atoms with Crippen molar-refractivity contribution in [1.82, 2.24) is 0 Å². The molecule has 1 rings (SSSR count). The Labute approximate surface area is 115 Å². The molecule has 0 bridgehead atoms. The molecule has 0 aliphatic carbocycles. The van der Waals surface area contributed by atoms with E-state index in [1.54, 1.807) is 12.1 Å². The van der Waals surface area contributed by atoms with Gasteiger partial charge in [0.2, 0.25) is 5.91 Å². The fraction of sp³-hybridized carbons (Fsp3) is 0.562. The Morgan fingerprint density at radius 2 is 1.58 bits per heavy atom. The highest BCUT2D eigenvalue weighted by Gasteiger charge is 2.02. The van der Waals surface area contributed by atoms with Gasteiger partial charge in [-0.3, -0.25) is 4.79 Å². The highest BCUT2D eigenvalue weighted by atomic mass is 19.1. The third kappa shape index (κ3) is 7.60. The van der Waals surface area contributed by atoms with E-state index < -0.39 is 0 Å². The molecular formula is C16H24FNO. The van der Waals surface area contributed by atoms with E-state index in [9.17, 15) is 9.18 Å². The molecule has 3 heteroatoms. The van der Waals surface area contributed by atoms with Crippen LogP contribution in [0.4, 0.5) is 10.1 Å². The number of hydrogen-bond acceptors (Lipinski definition) is 1. The molecule has 0 radical (unpaired) electrons. The summed E-state index contributed by atoms with van der Waals surface area (Å²) in [7, 11) is 0. The SMILES string of the molecule is CCCCCCCCCC(=O)Nc1ccc(F)cc1. The van der Waals surface area contributed by atoms with Gasteiger partial charge >= 0.3 is 0 Å². The number of benzene rings is 1. The molecule has 0 heterocycles. The Balaban J connectivity index is 2.06. The topological polar surface area (TPSA) is 29.1 Å². The highest BCUT2D eigenvalue weighted by Crippen LogP contribution is 2.11. The number of rotatable bonds is 9. The highest BCUT2D eigenvalue weighted by molar-refractivity contribution is 5.90. The fourth-order valence-corrected chi connectivity index (χ4v) is 2.00. The van der Waals surface area contributed by atoms with Crippen molar-refractivity contribution < 1.29 is 9.18 Å². The maximum Gasteiger partial charge on any atom is 0.224 e. The lowest BCUT2D eigenvalue weighted by Gasteiger charge is -2.05. The molecule has 0 fully saturated rings. The van der Waals surface area contributed by atoms with Crippen LogP contribution in [0, 0.1) is 5.82 Å². The molecule has 106 valence electrons. The van der Waals surface area contributed by atoms with E-state index >= 15 is 0 Å². The second-order valence-electron chi connectivity index (χ2n) is 4.93. The van der Waals surface area contributed by atoms with Crippen LogP contribution in [0.1, 0.15) is 58.3 Å². The minimum atomic E-state index is -0.287. The van der Waals surface area contributed by atoms with Crippen molar-refractivity contribution in [3.8, 4) is 0 Å². The van der Waals surface area contributed by atoms with Gasteiger partial charge in [0.1, 0.15) is 5.82 Å². The van der Waals surface area contributed by atoms with Crippen LogP contribution >= 0.6 is 0 Å². The summed E-state index contributed by atoms with van der Waals surface area (Å²) in [5.41, 5.74) is 0.661. The van der Waals surface area contributed by atoms with Gasteiger partial charge in [0.05, 0.1) is 0 Å². The Bertz CT molecular complexity index is 362. The second kappa shape index (κ2) is 9.54. The van der Waals surface area contributed by atoms with Gasteiger partial charge in [-0.05, 0) is 30.7 Å². The van der Waals surface area contributed by atoms with Crippen molar-refractivity contribution in [2.45, 2.75) is 58.3 Å². The zero-order valence-electron chi connectivity index (χ0n) is 11.8. The molecule has 1 amide bonds. The number of nitrogens with one attached hydrogen (secondary N) is 1. The summed E-state index contributed by atoms with van der Waals surface area (Å²) in [5, 5.41) is 2.77. The van der Waals surface area contributed by atoms with Crippen LogP contribution in [0.3, 0.4) is 0 Å². The molecule has 0 unspecified atom stereocenters. The van der Waals surface area contributed by atoms with Crippen LogP contribution in [0.25, 0.3) is 0 Å². The Kier molecular flexibility index (Phi) is 7.87. The normalized spacial score (nSPS) is 10.4. The lowest BCUT2D eigenvalue weighted by atomic mass is 10.1. The molecule has 1 N–H and O–H groups in total. The van der Waals surface area contributed by atoms with Crippen LogP contribution in [-0.2, 0) is 4.79 Å². The number of halogens is 1. The monoisotopic (exact) mass is 265 g/mol. The van der Waals surface area contributed by atoms with Crippen molar-refractivity contribution in [2.75, 3.05) is 5.32 Å². The summed E-state index contributed by atoms with van der Waals surface area (Å²) in [6, 6.07) is 5.86. The van der Waals surface area contributed by atoms with Crippen molar-refractivity contribution in [2.24, 2.45) is 0 Å². The van der Waals surface area contributed by atoms with Crippen LogP contribution in [0.15, 0.2) is 24.3 Å². The number of unbranched alkanes of at least 4 members (excludes halogenated alkanes) is 6. The second-order valence-corrected chi connectivity index (χ2v) is 4.93. The average Bonchev–Trinajstić information content (AvgIpc) is 2.40. The zero-order valence-corrected chi connectivity index (χ0v) is 11.8. The number of hydrogen-bond donors (Lipinski definition) is 1.